The summed E-state index contributed by atoms with van der Waals surface area (Å²) in [6.45, 7) is 0. The van der Waals surface area contributed by atoms with Crippen LogP contribution in [0.15, 0.2) is 28.6 Å². The molecule has 0 bridgehead atoms. The molecule has 9 heteroatoms. The zero-order chi connectivity index (χ0) is 13.4. The van der Waals surface area contributed by atoms with Gasteiger partial charge < -0.3 is 0 Å². The quantitative estimate of drug-likeness (QED) is 0.798. The summed E-state index contributed by atoms with van der Waals surface area (Å²) < 4.78 is 45.9. The van der Waals surface area contributed by atoms with Crippen LogP contribution in [0.1, 0.15) is 0 Å². The van der Waals surface area contributed by atoms with Crippen molar-refractivity contribution >= 4 is 51.1 Å². The molecule has 0 atom stereocenters. The number of rotatable bonds is 4. The average molecular weight is 326 g/mol. The minimum Gasteiger partial charge on any atom is -0.225 e. The molecule has 0 saturated carbocycles. The highest BCUT2D eigenvalue weighted by Crippen LogP contribution is 2.25. The lowest BCUT2D eigenvalue weighted by molar-refractivity contribution is 0.592. The molecule has 5 nitrogen and oxygen atoms in total. The average Bonchev–Trinajstić information content (AvgIpc) is 2.70. The zero-order valence-corrected chi connectivity index (χ0v) is 12.1. The molecule has 1 heterocycles. The Morgan fingerprint density at radius 2 is 1.78 bits per heavy atom. The van der Waals surface area contributed by atoms with Crippen LogP contribution in [-0.2, 0) is 18.9 Å². The minimum absolute atomic E-state index is 0.0796. The monoisotopic (exact) mass is 325 g/mol. The molecule has 0 N–H and O–H groups in total. The van der Waals surface area contributed by atoms with Crippen LogP contribution in [0.5, 0.6) is 0 Å². The van der Waals surface area contributed by atoms with Gasteiger partial charge in [0.2, 0.25) is 23.2 Å². The van der Waals surface area contributed by atoms with Crippen LogP contribution in [0, 0.1) is 0 Å². The highest BCUT2D eigenvalue weighted by molar-refractivity contribution is 8.14. The lowest BCUT2D eigenvalue weighted by atomic mass is 10.3. The number of fused-ring (bicyclic) bond motifs is 1. The normalized spacial score (nSPS) is 12.9. The summed E-state index contributed by atoms with van der Waals surface area (Å²) in [5.41, 5.74) is 0.579. The van der Waals surface area contributed by atoms with Crippen molar-refractivity contribution in [1.82, 2.24) is 4.98 Å². The lowest BCUT2D eigenvalue weighted by Gasteiger charge is -1.97. The van der Waals surface area contributed by atoms with E-state index < -0.39 is 30.4 Å². The maximum absolute atomic E-state index is 11.9. The van der Waals surface area contributed by atoms with Gasteiger partial charge in [0.25, 0.3) is 0 Å². The number of thiazole rings is 1. The predicted octanol–water partition coefficient (Wildman–Crippen LogP) is 1.64. The summed E-state index contributed by atoms with van der Waals surface area (Å²) in [5.74, 6) is -1.18. The standard InChI is InChI=1S/C9H8ClNO4S3/c10-18(14,15)6-5-17(12,13)9-11-7-3-1-2-4-8(7)16-9/h1-4H,5-6H2. The van der Waals surface area contributed by atoms with Gasteiger partial charge in [0, 0.05) is 10.7 Å². The SMILES string of the molecule is O=S(=O)(Cl)CCS(=O)(=O)c1nc2ccccc2s1. The topological polar surface area (TPSA) is 81.2 Å². The molecule has 0 aliphatic rings. The summed E-state index contributed by atoms with van der Waals surface area (Å²) in [7, 11) is -2.54. The van der Waals surface area contributed by atoms with Gasteiger partial charge in [0.1, 0.15) is 0 Å². The molecule has 2 rings (SSSR count). The Kier molecular flexibility index (Phi) is 3.63. The molecule has 0 radical (unpaired) electrons. The van der Waals surface area contributed by atoms with E-state index in [2.05, 4.69) is 4.98 Å². The van der Waals surface area contributed by atoms with Gasteiger partial charge in [-0.05, 0) is 12.1 Å². The second-order valence-corrected chi connectivity index (χ2v) is 9.72. The Hall–Kier alpha value is -0.700. The minimum atomic E-state index is -3.83. The highest BCUT2D eigenvalue weighted by atomic mass is 35.7. The van der Waals surface area contributed by atoms with Crippen molar-refractivity contribution in [2.24, 2.45) is 0 Å². The third-order valence-corrected chi connectivity index (χ3v) is 6.76. The zero-order valence-electron chi connectivity index (χ0n) is 8.91. The van der Waals surface area contributed by atoms with E-state index in [1.54, 1.807) is 24.3 Å². The fourth-order valence-corrected chi connectivity index (χ4v) is 5.66. The fraction of sp³-hybridized carbons (Fsp3) is 0.222. The van der Waals surface area contributed by atoms with Gasteiger partial charge in [0.15, 0.2) is 0 Å². The molecule has 0 aliphatic carbocycles. The van der Waals surface area contributed by atoms with Gasteiger partial charge in [0.05, 0.1) is 21.7 Å². The van der Waals surface area contributed by atoms with Gasteiger partial charge in [-0.1, -0.05) is 12.1 Å². The Bertz CT molecular complexity index is 746. The van der Waals surface area contributed by atoms with E-state index >= 15 is 0 Å². The van der Waals surface area contributed by atoms with Crippen molar-refractivity contribution in [2.75, 3.05) is 11.5 Å². The fourth-order valence-electron chi connectivity index (χ4n) is 1.28. The lowest BCUT2D eigenvalue weighted by Crippen LogP contribution is -2.13. The predicted molar refractivity (Wildman–Crippen MR) is 71.3 cm³/mol. The number of nitrogens with zero attached hydrogens (tertiary/aromatic N) is 1. The van der Waals surface area contributed by atoms with Gasteiger partial charge in [-0.15, -0.1) is 11.3 Å². The molecular formula is C9H8ClNO4S3. The van der Waals surface area contributed by atoms with Gasteiger partial charge in [-0.25, -0.2) is 21.8 Å². The van der Waals surface area contributed by atoms with E-state index in [1.165, 1.54) is 0 Å². The van der Waals surface area contributed by atoms with Crippen LogP contribution in [0.3, 0.4) is 0 Å². The molecule has 0 saturated heterocycles. The van der Waals surface area contributed by atoms with Crippen molar-refractivity contribution < 1.29 is 16.8 Å². The van der Waals surface area contributed by atoms with Crippen LogP contribution < -0.4 is 0 Å². The number of aromatic nitrogens is 1. The molecule has 0 spiro atoms. The summed E-state index contributed by atoms with van der Waals surface area (Å²) in [6.07, 6.45) is 0. The van der Waals surface area contributed by atoms with E-state index in [1.807, 2.05) is 0 Å². The van der Waals surface area contributed by atoms with E-state index in [0.717, 1.165) is 16.0 Å². The Morgan fingerprint density at radius 1 is 1.11 bits per heavy atom. The molecule has 0 fully saturated rings. The van der Waals surface area contributed by atoms with E-state index in [4.69, 9.17) is 10.7 Å². The van der Waals surface area contributed by atoms with Crippen LogP contribution in [0.2, 0.25) is 0 Å². The number of hydrogen-bond acceptors (Lipinski definition) is 6. The van der Waals surface area contributed by atoms with Crippen molar-refractivity contribution in [3.63, 3.8) is 0 Å². The van der Waals surface area contributed by atoms with E-state index in [9.17, 15) is 16.8 Å². The molecule has 98 valence electrons. The molecular weight excluding hydrogens is 318 g/mol. The van der Waals surface area contributed by atoms with Gasteiger partial charge >= 0.3 is 0 Å². The summed E-state index contributed by atoms with van der Waals surface area (Å²) in [4.78, 5) is 3.98. The number of hydrogen-bond donors (Lipinski definition) is 0. The molecule has 18 heavy (non-hydrogen) atoms. The summed E-state index contributed by atoms with van der Waals surface area (Å²) >= 11 is 1.02. The number of para-hydroxylation sites is 1. The third-order valence-electron chi connectivity index (χ3n) is 2.14. The number of halogens is 1. The Balaban J connectivity index is 2.35. The molecule has 0 aliphatic heterocycles. The smallest absolute Gasteiger partial charge is 0.225 e. The molecule has 2 aromatic rings. The van der Waals surface area contributed by atoms with Crippen LogP contribution in [-0.4, -0.2) is 33.3 Å². The maximum Gasteiger partial charge on any atom is 0.233 e. The molecule has 0 amide bonds. The van der Waals surface area contributed by atoms with Crippen LogP contribution in [0.25, 0.3) is 10.2 Å². The van der Waals surface area contributed by atoms with E-state index in [0.29, 0.717) is 5.52 Å². The van der Waals surface area contributed by atoms with E-state index in [-0.39, 0.29) is 4.34 Å². The molecule has 1 aromatic heterocycles. The van der Waals surface area contributed by atoms with Crippen LogP contribution >= 0.6 is 22.0 Å². The first-order chi connectivity index (χ1) is 8.28. The number of sulfone groups is 1. The van der Waals surface area contributed by atoms with Gasteiger partial charge in [-0.2, -0.15) is 0 Å². The van der Waals surface area contributed by atoms with Crippen molar-refractivity contribution in [1.29, 1.82) is 0 Å². The van der Waals surface area contributed by atoms with Gasteiger partial charge in [-0.3, -0.25) is 0 Å². The summed E-state index contributed by atoms with van der Waals surface area (Å²) in [6, 6.07) is 6.98. The maximum atomic E-state index is 11.9. The van der Waals surface area contributed by atoms with Crippen molar-refractivity contribution in [2.45, 2.75) is 4.34 Å². The Labute approximate surface area is 113 Å². The Morgan fingerprint density at radius 3 is 2.39 bits per heavy atom. The van der Waals surface area contributed by atoms with Crippen molar-refractivity contribution in [3.05, 3.63) is 24.3 Å². The second-order valence-electron chi connectivity index (χ2n) is 3.51. The largest absolute Gasteiger partial charge is 0.233 e. The van der Waals surface area contributed by atoms with Crippen LogP contribution in [0.4, 0.5) is 0 Å². The molecule has 1 aromatic carbocycles. The molecule has 0 unspecified atom stereocenters. The number of benzene rings is 1. The second kappa shape index (κ2) is 4.76. The third kappa shape index (κ3) is 3.19. The first-order valence-corrected chi connectivity index (χ1v) is 9.73. The highest BCUT2D eigenvalue weighted by Gasteiger charge is 2.22. The van der Waals surface area contributed by atoms with Crippen molar-refractivity contribution in [3.8, 4) is 0 Å². The summed E-state index contributed by atoms with van der Waals surface area (Å²) in [5, 5.41) is 0. The first-order valence-electron chi connectivity index (χ1n) is 4.79. The first kappa shape index (κ1) is 13.7.